The number of alkyl carbamates (subject to hydrolysis) is 1. The number of aromatic nitrogens is 1. The van der Waals surface area contributed by atoms with E-state index in [1.54, 1.807) is 6.07 Å². The molecule has 0 aliphatic heterocycles. The SMILES string of the molecule is O=C(NCc1ncccc1C(=O)O)OCC1c2ccccc2-c2ccccc21. The van der Waals surface area contributed by atoms with E-state index in [1.165, 1.54) is 12.3 Å². The van der Waals surface area contributed by atoms with E-state index in [0.29, 0.717) is 0 Å². The number of carbonyl (C=O) groups is 2. The third-order valence-electron chi connectivity index (χ3n) is 4.86. The molecule has 0 atom stereocenters. The molecule has 28 heavy (non-hydrogen) atoms. The highest BCUT2D eigenvalue weighted by molar-refractivity contribution is 5.88. The minimum Gasteiger partial charge on any atom is -0.478 e. The lowest BCUT2D eigenvalue weighted by atomic mass is 9.98. The number of nitrogens with zero attached hydrogens (tertiary/aromatic N) is 1. The molecule has 6 nitrogen and oxygen atoms in total. The van der Waals surface area contributed by atoms with E-state index in [1.807, 2.05) is 36.4 Å². The molecule has 0 bridgehead atoms. The molecule has 0 radical (unpaired) electrons. The van der Waals surface area contributed by atoms with Gasteiger partial charge in [-0.2, -0.15) is 0 Å². The number of carbonyl (C=O) groups excluding carboxylic acids is 1. The van der Waals surface area contributed by atoms with Gasteiger partial charge in [0.1, 0.15) is 6.61 Å². The number of benzene rings is 2. The van der Waals surface area contributed by atoms with Gasteiger partial charge in [0, 0.05) is 12.1 Å². The van der Waals surface area contributed by atoms with Gasteiger partial charge in [0.05, 0.1) is 17.8 Å². The van der Waals surface area contributed by atoms with Gasteiger partial charge >= 0.3 is 12.1 Å². The van der Waals surface area contributed by atoms with Crippen LogP contribution in [-0.4, -0.2) is 28.8 Å². The summed E-state index contributed by atoms with van der Waals surface area (Å²) in [5, 5.41) is 11.8. The van der Waals surface area contributed by atoms with Gasteiger partial charge in [-0.1, -0.05) is 48.5 Å². The summed E-state index contributed by atoms with van der Waals surface area (Å²) in [7, 11) is 0. The van der Waals surface area contributed by atoms with Gasteiger partial charge in [-0.25, -0.2) is 9.59 Å². The smallest absolute Gasteiger partial charge is 0.407 e. The molecule has 0 saturated carbocycles. The second-order valence-electron chi connectivity index (χ2n) is 6.48. The molecule has 4 rings (SSSR count). The predicted molar refractivity (Wildman–Crippen MR) is 103 cm³/mol. The molecule has 0 saturated heterocycles. The van der Waals surface area contributed by atoms with Gasteiger partial charge in [-0.3, -0.25) is 4.98 Å². The van der Waals surface area contributed by atoms with E-state index in [9.17, 15) is 14.7 Å². The summed E-state index contributed by atoms with van der Waals surface area (Å²) in [5.41, 5.74) is 4.92. The topological polar surface area (TPSA) is 88.5 Å². The Hall–Kier alpha value is -3.67. The third kappa shape index (κ3) is 3.32. The molecule has 140 valence electrons. The number of pyridine rings is 1. The zero-order valence-corrected chi connectivity index (χ0v) is 15.0. The van der Waals surface area contributed by atoms with Gasteiger partial charge in [0.2, 0.25) is 0 Å². The van der Waals surface area contributed by atoms with Gasteiger partial charge < -0.3 is 15.2 Å². The lowest BCUT2D eigenvalue weighted by Gasteiger charge is -2.14. The normalized spacial score (nSPS) is 12.1. The van der Waals surface area contributed by atoms with Crippen LogP contribution >= 0.6 is 0 Å². The number of fused-ring (bicyclic) bond motifs is 3. The predicted octanol–water partition coefficient (Wildman–Crippen LogP) is 3.82. The van der Waals surface area contributed by atoms with Gasteiger partial charge in [0.25, 0.3) is 0 Å². The summed E-state index contributed by atoms with van der Waals surface area (Å²) in [5.74, 6) is -1.11. The number of rotatable bonds is 5. The van der Waals surface area contributed by atoms with Crippen LogP contribution in [0.2, 0.25) is 0 Å². The van der Waals surface area contributed by atoms with Crippen LogP contribution in [0, 0.1) is 0 Å². The molecule has 2 aromatic carbocycles. The number of carboxylic acid groups (broad SMARTS) is 1. The first kappa shape index (κ1) is 17.7. The van der Waals surface area contributed by atoms with Gasteiger partial charge in [0.15, 0.2) is 0 Å². The van der Waals surface area contributed by atoms with Crippen molar-refractivity contribution < 1.29 is 19.4 Å². The van der Waals surface area contributed by atoms with Crippen LogP contribution in [0.25, 0.3) is 11.1 Å². The Kier molecular flexibility index (Phi) is 4.76. The lowest BCUT2D eigenvalue weighted by molar-refractivity contribution is 0.0694. The molecule has 6 heteroatoms. The third-order valence-corrected chi connectivity index (χ3v) is 4.86. The Morgan fingerprint density at radius 1 is 0.964 bits per heavy atom. The molecule has 2 N–H and O–H groups in total. The quantitative estimate of drug-likeness (QED) is 0.709. The second kappa shape index (κ2) is 7.52. The molecule has 1 aliphatic carbocycles. The highest BCUT2D eigenvalue weighted by atomic mass is 16.5. The number of hydrogen-bond acceptors (Lipinski definition) is 4. The van der Waals surface area contributed by atoms with Crippen molar-refractivity contribution in [1.29, 1.82) is 0 Å². The Bertz CT molecular complexity index is 1000. The van der Waals surface area contributed by atoms with Crippen LogP contribution in [0.1, 0.15) is 33.1 Å². The lowest BCUT2D eigenvalue weighted by Crippen LogP contribution is -2.27. The van der Waals surface area contributed by atoms with Crippen molar-refractivity contribution in [2.24, 2.45) is 0 Å². The summed E-state index contributed by atoms with van der Waals surface area (Å²) in [4.78, 5) is 27.4. The van der Waals surface area contributed by atoms with E-state index in [2.05, 4.69) is 22.4 Å². The number of carboxylic acids is 1. The molecule has 1 amide bonds. The van der Waals surface area contributed by atoms with E-state index in [0.717, 1.165) is 22.3 Å². The minimum atomic E-state index is -1.09. The van der Waals surface area contributed by atoms with Crippen LogP contribution in [0.4, 0.5) is 4.79 Å². The van der Waals surface area contributed by atoms with Crippen molar-refractivity contribution in [1.82, 2.24) is 10.3 Å². The van der Waals surface area contributed by atoms with E-state index >= 15 is 0 Å². The van der Waals surface area contributed by atoms with Crippen LogP contribution in [-0.2, 0) is 11.3 Å². The average molecular weight is 374 g/mol. The molecular weight excluding hydrogens is 356 g/mol. The van der Waals surface area contributed by atoms with Crippen molar-refractivity contribution in [2.45, 2.75) is 12.5 Å². The maximum absolute atomic E-state index is 12.2. The van der Waals surface area contributed by atoms with Gasteiger partial charge in [-0.05, 0) is 34.4 Å². The fourth-order valence-corrected chi connectivity index (χ4v) is 3.58. The van der Waals surface area contributed by atoms with Crippen molar-refractivity contribution in [3.63, 3.8) is 0 Å². The van der Waals surface area contributed by atoms with Crippen molar-refractivity contribution in [3.8, 4) is 11.1 Å². The molecule has 1 aromatic heterocycles. The van der Waals surface area contributed by atoms with Crippen LogP contribution in [0.5, 0.6) is 0 Å². The average Bonchev–Trinajstić information content (AvgIpc) is 3.05. The van der Waals surface area contributed by atoms with Crippen LogP contribution < -0.4 is 5.32 Å². The first-order valence-corrected chi connectivity index (χ1v) is 8.91. The van der Waals surface area contributed by atoms with Crippen molar-refractivity contribution in [2.75, 3.05) is 6.61 Å². The highest BCUT2D eigenvalue weighted by Crippen LogP contribution is 2.44. The molecule has 3 aromatic rings. The first-order chi connectivity index (χ1) is 13.6. The second-order valence-corrected chi connectivity index (χ2v) is 6.48. The summed E-state index contributed by atoms with van der Waals surface area (Å²) >= 11 is 0. The summed E-state index contributed by atoms with van der Waals surface area (Å²) in [6.45, 7) is 0.188. The molecular formula is C22H18N2O4. The maximum atomic E-state index is 12.2. The van der Waals surface area contributed by atoms with E-state index in [4.69, 9.17) is 4.74 Å². The highest BCUT2D eigenvalue weighted by Gasteiger charge is 2.29. The summed E-state index contributed by atoms with van der Waals surface area (Å²) in [6, 6.07) is 19.2. The van der Waals surface area contributed by atoms with Crippen molar-refractivity contribution in [3.05, 3.63) is 89.2 Å². The van der Waals surface area contributed by atoms with E-state index < -0.39 is 12.1 Å². The summed E-state index contributed by atoms with van der Waals surface area (Å²) in [6.07, 6.45) is 0.880. The van der Waals surface area contributed by atoms with E-state index in [-0.39, 0.29) is 30.3 Å². The monoisotopic (exact) mass is 374 g/mol. The zero-order valence-electron chi connectivity index (χ0n) is 15.0. The molecule has 1 aliphatic rings. The largest absolute Gasteiger partial charge is 0.478 e. The standard InChI is InChI=1S/C22H18N2O4/c25-21(26)18-10-5-11-23-20(18)12-24-22(27)28-13-19-16-8-3-1-6-14(16)15-7-2-4-9-17(15)19/h1-11,19H,12-13H2,(H,24,27)(H,25,26). The number of aromatic carboxylic acids is 1. The maximum Gasteiger partial charge on any atom is 0.407 e. The fourth-order valence-electron chi connectivity index (χ4n) is 3.58. The molecule has 0 spiro atoms. The Labute approximate surface area is 161 Å². The van der Waals surface area contributed by atoms with Crippen LogP contribution in [0.15, 0.2) is 66.9 Å². The Balaban J connectivity index is 1.43. The Morgan fingerprint density at radius 2 is 1.61 bits per heavy atom. The van der Waals surface area contributed by atoms with Gasteiger partial charge in [-0.15, -0.1) is 0 Å². The number of ether oxygens (including phenoxy) is 1. The minimum absolute atomic E-state index is 0.0147. The molecule has 1 heterocycles. The Morgan fingerprint density at radius 3 is 2.25 bits per heavy atom. The van der Waals surface area contributed by atoms with Crippen LogP contribution in [0.3, 0.4) is 0 Å². The summed E-state index contributed by atoms with van der Waals surface area (Å²) < 4.78 is 5.44. The molecule has 0 unspecified atom stereocenters. The van der Waals surface area contributed by atoms with Crippen molar-refractivity contribution >= 4 is 12.1 Å². The number of amides is 1. The zero-order chi connectivity index (χ0) is 19.5. The number of hydrogen-bond donors (Lipinski definition) is 2. The fraction of sp³-hybridized carbons (Fsp3) is 0.136. The molecule has 0 fully saturated rings. The number of nitrogens with one attached hydrogen (secondary N) is 1. The first-order valence-electron chi connectivity index (χ1n) is 8.91.